The summed E-state index contributed by atoms with van der Waals surface area (Å²) >= 11 is 1.69. The molecule has 0 saturated carbocycles. The molecule has 4 rings (SSSR count). The molecule has 0 radical (unpaired) electrons. The molecule has 0 saturated heterocycles. The van der Waals surface area contributed by atoms with Crippen LogP contribution in [0.4, 0.5) is 5.69 Å². The maximum Gasteiger partial charge on any atom is 0.232 e. The first kappa shape index (κ1) is 20.0. The zero-order chi connectivity index (χ0) is 20.8. The summed E-state index contributed by atoms with van der Waals surface area (Å²) in [6.45, 7) is 6.26. The minimum Gasteiger partial charge on any atom is -0.294 e. The van der Waals surface area contributed by atoms with Crippen LogP contribution in [0.25, 0.3) is 0 Å². The SMILES string of the molecule is CSc1ccc(C2CC(=O)N(c3cccc(C)c3)C3=C2C(=O)CC(C)(C)C3)cc1. The average molecular weight is 406 g/mol. The Balaban J connectivity index is 1.87. The van der Waals surface area contributed by atoms with Crippen LogP contribution in [0.2, 0.25) is 0 Å². The number of aryl methyl sites for hydroxylation is 1. The van der Waals surface area contributed by atoms with Crippen LogP contribution in [0.15, 0.2) is 64.7 Å². The van der Waals surface area contributed by atoms with Gasteiger partial charge in [-0.25, -0.2) is 0 Å². The highest BCUT2D eigenvalue weighted by atomic mass is 32.2. The first-order valence-electron chi connectivity index (χ1n) is 10.1. The van der Waals surface area contributed by atoms with Gasteiger partial charge in [0.05, 0.1) is 0 Å². The van der Waals surface area contributed by atoms with Gasteiger partial charge in [-0.15, -0.1) is 11.8 Å². The first-order chi connectivity index (χ1) is 13.8. The molecule has 29 heavy (non-hydrogen) atoms. The number of carbonyl (C=O) groups is 2. The molecule has 0 spiro atoms. The number of Topliss-reactive ketones (excluding diaryl/α,β-unsaturated/α-hetero) is 1. The average Bonchev–Trinajstić information content (AvgIpc) is 2.66. The highest BCUT2D eigenvalue weighted by Crippen LogP contribution is 2.48. The maximum atomic E-state index is 13.4. The number of thioether (sulfide) groups is 1. The molecule has 2 aromatic rings. The van der Waals surface area contributed by atoms with Crippen LogP contribution >= 0.6 is 11.8 Å². The normalized spacial score (nSPS) is 21.4. The molecular weight excluding hydrogens is 378 g/mol. The standard InChI is InChI=1S/C25H27NO2S/c1-16-6-5-7-18(12-16)26-21-14-25(2,3)15-22(27)24(21)20(13-23(26)28)17-8-10-19(29-4)11-9-17/h5-12,20H,13-15H2,1-4H3. The minimum absolute atomic E-state index is 0.0683. The number of carbonyl (C=O) groups excluding carboxylic acids is 2. The Morgan fingerprint density at radius 3 is 2.41 bits per heavy atom. The zero-order valence-corrected chi connectivity index (χ0v) is 18.3. The van der Waals surface area contributed by atoms with Crippen LogP contribution in [-0.4, -0.2) is 17.9 Å². The summed E-state index contributed by atoms with van der Waals surface area (Å²) in [6, 6.07) is 16.3. The van der Waals surface area contributed by atoms with E-state index in [0.717, 1.165) is 34.5 Å². The zero-order valence-electron chi connectivity index (χ0n) is 17.5. The Kier molecular flexibility index (Phi) is 5.16. The number of hydrogen-bond donors (Lipinski definition) is 0. The van der Waals surface area contributed by atoms with Crippen LogP contribution in [0, 0.1) is 12.3 Å². The van der Waals surface area contributed by atoms with Crippen molar-refractivity contribution >= 4 is 29.1 Å². The Bertz CT molecular complexity index is 1000. The highest BCUT2D eigenvalue weighted by Gasteiger charge is 2.44. The maximum absolute atomic E-state index is 13.4. The number of benzene rings is 2. The molecule has 0 fully saturated rings. The smallest absolute Gasteiger partial charge is 0.232 e. The second-order valence-corrected chi connectivity index (χ2v) is 9.78. The predicted octanol–water partition coefficient (Wildman–Crippen LogP) is 5.88. The first-order valence-corrected chi connectivity index (χ1v) is 11.3. The van der Waals surface area contributed by atoms with Gasteiger partial charge in [0.15, 0.2) is 5.78 Å². The lowest BCUT2D eigenvalue weighted by molar-refractivity contribution is -0.121. The molecule has 4 heteroatoms. The largest absolute Gasteiger partial charge is 0.294 e. The molecule has 1 aliphatic carbocycles. The summed E-state index contributed by atoms with van der Waals surface area (Å²) in [4.78, 5) is 29.7. The van der Waals surface area contributed by atoms with Crippen LogP contribution < -0.4 is 4.90 Å². The molecule has 0 N–H and O–H groups in total. The highest BCUT2D eigenvalue weighted by molar-refractivity contribution is 7.98. The second kappa shape index (κ2) is 7.49. The fourth-order valence-corrected chi connectivity index (χ4v) is 5.01. The van der Waals surface area contributed by atoms with Crippen molar-refractivity contribution in [2.45, 2.75) is 50.8 Å². The number of nitrogens with zero attached hydrogens (tertiary/aromatic N) is 1. The molecule has 1 atom stereocenters. The quantitative estimate of drug-likeness (QED) is 0.598. The van der Waals surface area contributed by atoms with E-state index in [4.69, 9.17) is 0 Å². The van der Waals surface area contributed by atoms with Crippen molar-refractivity contribution in [3.8, 4) is 0 Å². The molecular formula is C25H27NO2S. The number of rotatable bonds is 3. The number of hydrogen-bond acceptors (Lipinski definition) is 3. The number of amides is 1. The number of allylic oxidation sites excluding steroid dienone is 2. The summed E-state index contributed by atoms with van der Waals surface area (Å²) in [5.41, 5.74) is 4.61. The van der Waals surface area contributed by atoms with Crippen molar-refractivity contribution in [1.82, 2.24) is 0 Å². The van der Waals surface area contributed by atoms with Gasteiger partial charge in [-0.2, -0.15) is 0 Å². The molecule has 2 aromatic carbocycles. The van der Waals surface area contributed by atoms with Crippen molar-refractivity contribution in [3.63, 3.8) is 0 Å². The van der Waals surface area contributed by atoms with E-state index in [1.54, 1.807) is 11.8 Å². The third kappa shape index (κ3) is 3.78. The summed E-state index contributed by atoms with van der Waals surface area (Å²) in [5, 5.41) is 0. The van der Waals surface area contributed by atoms with Gasteiger partial charge in [0.2, 0.25) is 5.91 Å². The summed E-state index contributed by atoms with van der Waals surface area (Å²) in [7, 11) is 0. The van der Waals surface area contributed by atoms with E-state index in [-0.39, 0.29) is 23.0 Å². The molecule has 3 nitrogen and oxygen atoms in total. The Morgan fingerprint density at radius 1 is 1.03 bits per heavy atom. The third-order valence-corrected chi connectivity index (χ3v) is 6.66. The molecule has 1 amide bonds. The molecule has 150 valence electrons. The second-order valence-electron chi connectivity index (χ2n) is 8.90. The monoisotopic (exact) mass is 405 g/mol. The van der Waals surface area contributed by atoms with Crippen molar-refractivity contribution in [3.05, 3.63) is 70.9 Å². The van der Waals surface area contributed by atoms with Gasteiger partial charge in [0.25, 0.3) is 0 Å². The van der Waals surface area contributed by atoms with Crippen molar-refractivity contribution in [2.24, 2.45) is 5.41 Å². The lowest BCUT2D eigenvalue weighted by atomic mass is 9.69. The number of anilines is 1. The summed E-state index contributed by atoms with van der Waals surface area (Å²) < 4.78 is 0. The van der Waals surface area contributed by atoms with E-state index in [1.165, 1.54) is 4.90 Å². The fraction of sp³-hybridized carbons (Fsp3) is 0.360. The van der Waals surface area contributed by atoms with Crippen LogP contribution in [0.3, 0.4) is 0 Å². The van der Waals surface area contributed by atoms with E-state index in [9.17, 15) is 9.59 Å². The molecule has 2 aliphatic rings. The van der Waals surface area contributed by atoms with E-state index in [2.05, 4.69) is 38.1 Å². The molecule has 1 aliphatic heterocycles. The lowest BCUT2D eigenvalue weighted by Gasteiger charge is -2.43. The number of ketones is 1. The van der Waals surface area contributed by atoms with E-state index < -0.39 is 0 Å². The molecule has 1 unspecified atom stereocenters. The fourth-order valence-electron chi connectivity index (χ4n) is 4.60. The predicted molar refractivity (Wildman–Crippen MR) is 119 cm³/mol. The van der Waals surface area contributed by atoms with Crippen LogP contribution in [0.1, 0.15) is 50.2 Å². The Hall–Kier alpha value is -2.33. The summed E-state index contributed by atoms with van der Waals surface area (Å²) in [5.74, 6) is 0.0946. The topological polar surface area (TPSA) is 37.4 Å². The van der Waals surface area contributed by atoms with Crippen molar-refractivity contribution in [2.75, 3.05) is 11.2 Å². The van der Waals surface area contributed by atoms with E-state index in [0.29, 0.717) is 12.8 Å². The summed E-state index contributed by atoms with van der Waals surface area (Å²) in [6.07, 6.45) is 3.64. The van der Waals surface area contributed by atoms with Gasteiger partial charge in [-0.1, -0.05) is 38.1 Å². The van der Waals surface area contributed by atoms with Gasteiger partial charge in [0, 0.05) is 40.6 Å². The minimum atomic E-state index is -0.155. The van der Waals surface area contributed by atoms with Crippen molar-refractivity contribution < 1.29 is 9.59 Å². The van der Waals surface area contributed by atoms with Gasteiger partial charge in [0.1, 0.15) is 0 Å². The van der Waals surface area contributed by atoms with Crippen molar-refractivity contribution in [1.29, 1.82) is 0 Å². The lowest BCUT2D eigenvalue weighted by Crippen LogP contribution is -2.43. The van der Waals surface area contributed by atoms with Gasteiger partial charge in [-0.05, 0) is 60.4 Å². The third-order valence-electron chi connectivity index (χ3n) is 5.92. The molecule has 0 bridgehead atoms. The van der Waals surface area contributed by atoms with E-state index in [1.807, 2.05) is 42.3 Å². The van der Waals surface area contributed by atoms with Crippen LogP contribution in [-0.2, 0) is 9.59 Å². The van der Waals surface area contributed by atoms with Crippen LogP contribution in [0.5, 0.6) is 0 Å². The van der Waals surface area contributed by atoms with Gasteiger partial charge in [-0.3, -0.25) is 14.5 Å². The Morgan fingerprint density at radius 2 is 1.76 bits per heavy atom. The molecule has 1 heterocycles. The Labute approximate surface area is 177 Å². The van der Waals surface area contributed by atoms with E-state index >= 15 is 0 Å². The van der Waals surface area contributed by atoms with Gasteiger partial charge < -0.3 is 0 Å². The molecule has 0 aromatic heterocycles. The van der Waals surface area contributed by atoms with Gasteiger partial charge >= 0.3 is 0 Å².